The number of hydrogen-bond acceptors (Lipinski definition) is 6. The van der Waals surface area contributed by atoms with Crippen LogP contribution in [0.4, 0.5) is 5.69 Å². The van der Waals surface area contributed by atoms with Gasteiger partial charge in [-0.15, -0.1) is 10.2 Å². The summed E-state index contributed by atoms with van der Waals surface area (Å²) in [6, 6.07) is 21.4. The Balaban J connectivity index is 1.60. The quantitative estimate of drug-likeness (QED) is 0.290. The number of anilines is 1. The Morgan fingerprint density at radius 3 is 2.44 bits per heavy atom. The van der Waals surface area contributed by atoms with E-state index in [4.69, 9.17) is 11.6 Å². The first-order chi connectivity index (χ1) is 17.2. The molecule has 0 aliphatic rings. The molecule has 0 unspecified atom stereocenters. The third kappa shape index (κ3) is 6.33. The van der Waals surface area contributed by atoms with Gasteiger partial charge in [0.05, 0.1) is 17.1 Å². The van der Waals surface area contributed by atoms with Gasteiger partial charge in [-0.25, -0.2) is 13.1 Å². The van der Waals surface area contributed by atoms with E-state index in [1.54, 1.807) is 6.07 Å². The molecule has 4 rings (SSSR count). The lowest BCUT2D eigenvalue weighted by molar-refractivity contribution is -0.114. The van der Waals surface area contributed by atoms with Crippen LogP contribution in [0.3, 0.4) is 0 Å². The molecule has 2 N–H and O–H groups in total. The minimum Gasteiger partial charge on any atom is -0.326 e. The highest BCUT2D eigenvalue weighted by Crippen LogP contribution is 2.28. The molecule has 3 aromatic carbocycles. The number of carbonyl (C=O) groups is 1. The van der Waals surface area contributed by atoms with Crippen molar-refractivity contribution in [1.82, 2.24) is 19.5 Å². The summed E-state index contributed by atoms with van der Waals surface area (Å²) in [7, 11) is -3.84. The van der Waals surface area contributed by atoms with E-state index in [0.717, 1.165) is 16.8 Å². The Bertz CT molecular complexity index is 1470. The number of nitrogens with one attached hydrogen (secondary N) is 2. The zero-order chi connectivity index (χ0) is 25.7. The minimum atomic E-state index is -3.84. The maximum absolute atomic E-state index is 12.9. The van der Waals surface area contributed by atoms with Crippen molar-refractivity contribution < 1.29 is 13.2 Å². The molecule has 0 spiro atoms. The first-order valence-electron chi connectivity index (χ1n) is 11.0. The number of hydrogen-bond donors (Lipinski definition) is 2. The lowest BCUT2D eigenvalue weighted by Gasteiger charge is -2.14. The molecule has 0 saturated carbocycles. The number of aryl methyl sites for hydroxylation is 1. The Morgan fingerprint density at radius 2 is 1.75 bits per heavy atom. The van der Waals surface area contributed by atoms with Gasteiger partial charge in [-0.1, -0.05) is 59.8 Å². The van der Waals surface area contributed by atoms with Crippen LogP contribution >= 0.6 is 23.4 Å². The van der Waals surface area contributed by atoms with Gasteiger partial charge in [-0.2, -0.15) is 0 Å². The highest BCUT2D eigenvalue weighted by molar-refractivity contribution is 7.98. The maximum Gasteiger partial charge on any atom is 0.240 e. The molecule has 0 fully saturated rings. The summed E-state index contributed by atoms with van der Waals surface area (Å²) in [5.41, 5.74) is 3.36. The van der Waals surface area contributed by atoms with Gasteiger partial charge < -0.3 is 5.32 Å². The van der Waals surface area contributed by atoms with Gasteiger partial charge >= 0.3 is 0 Å². The zero-order valence-electron chi connectivity index (χ0n) is 19.6. The van der Waals surface area contributed by atoms with E-state index < -0.39 is 10.0 Å². The monoisotopic (exact) mass is 541 g/mol. The number of amides is 1. The van der Waals surface area contributed by atoms with Crippen molar-refractivity contribution in [1.29, 1.82) is 0 Å². The summed E-state index contributed by atoms with van der Waals surface area (Å²) >= 11 is 7.79. The summed E-state index contributed by atoms with van der Waals surface area (Å²) in [4.78, 5) is 11.3. The van der Waals surface area contributed by atoms with Crippen molar-refractivity contribution in [2.45, 2.75) is 36.2 Å². The molecule has 0 bridgehead atoms. The first kappa shape index (κ1) is 25.9. The second kappa shape index (κ2) is 11.3. The topological polar surface area (TPSA) is 106 Å². The lowest BCUT2D eigenvalue weighted by Crippen LogP contribution is -2.25. The van der Waals surface area contributed by atoms with E-state index in [1.807, 2.05) is 54.0 Å². The summed E-state index contributed by atoms with van der Waals surface area (Å²) in [5, 5.41) is 12.4. The predicted molar refractivity (Wildman–Crippen MR) is 142 cm³/mol. The first-order valence-corrected chi connectivity index (χ1v) is 13.8. The number of carbonyl (C=O) groups excluding carboxylic acids is 1. The average Bonchev–Trinajstić information content (AvgIpc) is 3.26. The molecule has 4 aromatic rings. The van der Waals surface area contributed by atoms with Gasteiger partial charge in [0.1, 0.15) is 0 Å². The Morgan fingerprint density at radius 1 is 1.03 bits per heavy atom. The molecule has 1 amide bonds. The molecule has 8 nitrogen and oxygen atoms in total. The lowest BCUT2D eigenvalue weighted by atomic mass is 10.2. The second-order valence-corrected chi connectivity index (χ2v) is 11.1. The number of aromatic nitrogens is 3. The standard InChI is InChI=1S/C25H24ClN5O3S2/c1-17-8-9-20(26)14-23(17)31-24(29-30-25(31)35-16-19-6-4-3-5-7-19)15-27-36(33,34)22-12-10-21(11-13-22)28-18(2)32/h3-14,27H,15-16H2,1-2H3,(H,28,32). The van der Waals surface area contributed by atoms with Crippen LogP contribution in [0.1, 0.15) is 23.9 Å². The fraction of sp³-hybridized carbons (Fsp3) is 0.160. The smallest absolute Gasteiger partial charge is 0.240 e. The van der Waals surface area contributed by atoms with E-state index in [9.17, 15) is 13.2 Å². The van der Waals surface area contributed by atoms with E-state index in [2.05, 4.69) is 20.2 Å². The van der Waals surface area contributed by atoms with Gasteiger partial charge in [0.25, 0.3) is 0 Å². The summed E-state index contributed by atoms with van der Waals surface area (Å²) in [6.45, 7) is 3.25. The van der Waals surface area contributed by atoms with E-state index in [1.165, 1.54) is 43.0 Å². The molecular weight excluding hydrogens is 518 g/mol. The van der Waals surface area contributed by atoms with Crippen LogP contribution in [0.15, 0.2) is 82.8 Å². The van der Waals surface area contributed by atoms with Crippen molar-refractivity contribution in [3.8, 4) is 5.69 Å². The normalized spacial score (nSPS) is 11.4. The fourth-order valence-corrected chi connectivity index (χ4v) is 5.53. The van der Waals surface area contributed by atoms with Crippen LogP contribution in [0, 0.1) is 6.92 Å². The van der Waals surface area contributed by atoms with Gasteiger partial charge in [0.2, 0.25) is 15.9 Å². The summed E-state index contributed by atoms with van der Waals surface area (Å²) in [6.07, 6.45) is 0. The molecule has 0 atom stereocenters. The third-order valence-electron chi connectivity index (χ3n) is 5.23. The van der Waals surface area contributed by atoms with Crippen LogP contribution in [0.5, 0.6) is 0 Å². The third-order valence-corrected chi connectivity index (χ3v) is 7.88. The molecule has 0 radical (unpaired) electrons. The van der Waals surface area contributed by atoms with Crippen LogP contribution in [-0.4, -0.2) is 29.1 Å². The van der Waals surface area contributed by atoms with Crippen molar-refractivity contribution in [2.75, 3.05) is 5.32 Å². The van der Waals surface area contributed by atoms with Crippen molar-refractivity contribution in [3.05, 3.63) is 94.8 Å². The molecule has 1 heterocycles. The molecule has 11 heteroatoms. The van der Waals surface area contributed by atoms with Crippen molar-refractivity contribution in [3.63, 3.8) is 0 Å². The number of rotatable bonds is 9. The molecule has 0 saturated heterocycles. The van der Waals surface area contributed by atoms with Crippen LogP contribution in [-0.2, 0) is 27.1 Å². The van der Waals surface area contributed by atoms with Gasteiger partial charge in [0, 0.05) is 23.4 Å². The van der Waals surface area contributed by atoms with Crippen molar-refractivity contribution >= 4 is 45.0 Å². The Hall–Kier alpha value is -3.18. The average molecular weight is 542 g/mol. The van der Waals surface area contributed by atoms with Gasteiger partial charge in [-0.3, -0.25) is 9.36 Å². The fourth-order valence-electron chi connectivity index (χ4n) is 3.46. The van der Waals surface area contributed by atoms with E-state index in [-0.39, 0.29) is 17.3 Å². The van der Waals surface area contributed by atoms with Crippen LogP contribution in [0.25, 0.3) is 5.69 Å². The second-order valence-electron chi connectivity index (χ2n) is 7.97. The number of nitrogens with zero attached hydrogens (tertiary/aromatic N) is 3. The van der Waals surface area contributed by atoms with E-state index in [0.29, 0.717) is 27.4 Å². The zero-order valence-corrected chi connectivity index (χ0v) is 22.0. The maximum atomic E-state index is 12.9. The molecule has 0 aliphatic heterocycles. The van der Waals surface area contributed by atoms with Crippen LogP contribution < -0.4 is 10.0 Å². The largest absolute Gasteiger partial charge is 0.326 e. The molecular formula is C25H24ClN5O3S2. The highest BCUT2D eigenvalue weighted by atomic mass is 35.5. The summed E-state index contributed by atoms with van der Waals surface area (Å²) < 4.78 is 30.3. The number of sulfonamides is 1. The van der Waals surface area contributed by atoms with Gasteiger partial charge in [0.15, 0.2) is 11.0 Å². The summed E-state index contributed by atoms with van der Waals surface area (Å²) in [5.74, 6) is 0.861. The Kier molecular flexibility index (Phi) is 8.10. The Labute approximate surface area is 219 Å². The van der Waals surface area contributed by atoms with Gasteiger partial charge in [-0.05, 0) is 54.4 Å². The number of halogens is 1. The predicted octanol–water partition coefficient (Wildman–Crippen LogP) is 4.96. The number of thioether (sulfide) groups is 1. The van der Waals surface area contributed by atoms with Crippen molar-refractivity contribution in [2.24, 2.45) is 0 Å². The van der Waals surface area contributed by atoms with E-state index >= 15 is 0 Å². The minimum absolute atomic E-state index is 0.0697. The molecule has 36 heavy (non-hydrogen) atoms. The molecule has 1 aromatic heterocycles. The van der Waals surface area contributed by atoms with Crippen LogP contribution in [0.2, 0.25) is 5.02 Å². The molecule has 0 aliphatic carbocycles. The molecule has 186 valence electrons. The SMILES string of the molecule is CC(=O)Nc1ccc(S(=O)(=O)NCc2nnc(SCc3ccccc3)n2-c2cc(Cl)ccc2C)cc1. The highest BCUT2D eigenvalue weighted by Gasteiger charge is 2.20. The number of benzene rings is 3.